The molecule has 4 fully saturated rings. The van der Waals surface area contributed by atoms with Gasteiger partial charge in [-0.05, 0) is 58.3 Å². The number of hydrogen-bond donors (Lipinski definition) is 0. The monoisotopic (exact) mass is 320 g/mol. The highest BCUT2D eigenvalue weighted by Crippen LogP contribution is 2.51. The first kappa shape index (κ1) is 15.9. The van der Waals surface area contributed by atoms with E-state index in [-0.39, 0.29) is 0 Å². The standard InChI is InChI=1S/C18H32N4O/c1-19-5-3-16(4-6-19)21-7-9-22(10-8-21)17(23)15-11-18(12-15)13-20(2)14-18/h15-16H,3-14H2,1-2H3. The molecule has 130 valence electrons. The van der Waals surface area contributed by atoms with Crippen molar-refractivity contribution in [3.8, 4) is 0 Å². The van der Waals surface area contributed by atoms with Crippen LogP contribution in [0.25, 0.3) is 0 Å². The third kappa shape index (κ3) is 3.03. The van der Waals surface area contributed by atoms with Crippen LogP contribution in [0.2, 0.25) is 0 Å². The van der Waals surface area contributed by atoms with Gasteiger partial charge in [-0.3, -0.25) is 9.69 Å². The van der Waals surface area contributed by atoms with E-state index in [9.17, 15) is 4.79 Å². The Bertz CT molecular complexity index is 438. The molecule has 0 aromatic heterocycles. The van der Waals surface area contributed by atoms with Gasteiger partial charge < -0.3 is 14.7 Å². The molecule has 3 saturated heterocycles. The Hall–Kier alpha value is -0.650. The summed E-state index contributed by atoms with van der Waals surface area (Å²) in [5, 5.41) is 0. The van der Waals surface area contributed by atoms with Crippen LogP contribution in [0.3, 0.4) is 0 Å². The zero-order valence-electron chi connectivity index (χ0n) is 14.8. The largest absolute Gasteiger partial charge is 0.340 e. The molecule has 4 aliphatic rings. The van der Waals surface area contributed by atoms with Gasteiger partial charge in [0.25, 0.3) is 0 Å². The average Bonchev–Trinajstić information content (AvgIpc) is 2.50. The fourth-order valence-electron chi connectivity index (χ4n) is 5.44. The number of rotatable bonds is 2. The van der Waals surface area contributed by atoms with Crippen LogP contribution in [0.1, 0.15) is 25.7 Å². The van der Waals surface area contributed by atoms with Gasteiger partial charge in [0.15, 0.2) is 0 Å². The number of piperazine rings is 1. The van der Waals surface area contributed by atoms with E-state index >= 15 is 0 Å². The van der Waals surface area contributed by atoms with Gasteiger partial charge in [-0.2, -0.15) is 0 Å². The summed E-state index contributed by atoms with van der Waals surface area (Å²) in [5.74, 6) is 0.784. The minimum Gasteiger partial charge on any atom is -0.340 e. The number of carbonyl (C=O) groups excluding carboxylic acids is 1. The molecule has 0 N–H and O–H groups in total. The summed E-state index contributed by atoms with van der Waals surface area (Å²) >= 11 is 0. The molecule has 1 spiro atoms. The summed E-state index contributed by atoms with van der Waals surface area (Å²) in [4.78, 5) is 22.3. The Kier molecular flexibility index (Phi) is 4.14. The van der Waals surface area contributed by atoms with E-state index in [0.717, 1.165) is 45.1 Å². The van der Waals surface area contributed by atoms with Crippen molar-refractivity contribution in [3.63, 3.8) is 0 Å². The summed E-state index contributed by atoms with van der Waals surface area (Å²) in [6, 6.07) is 0.751. The van der Waals surface area contributed by atoms with Crippen LogP contribution in [-0.4, -0.2) is 98.0 Å². The predicted octanol–water partition coefficient (Wildman–Crippen LogP) is 0.567. The number of hydrogen-bond acceptors (Lipinski definition) is 4. The molecule has 3 heterocycles. The summed E-state index contributed by atoms with van der Waals surface area (Å²) < 4.78 is 0. The molecule has 1 saturated carbocycles. The van der Waals surface area contributed by atoms with Crippen molar-refractivity contribution in [2.75, 3.05) is 66.5 Å². The predicted molar refractivity (Wildman–Crippen MR) is 91.3 cm³/mol. The van der Waals surface area contributed by atoms with E-state index in [4.69, 9.17) is 0 Å². The lowest BCUT2D eigenvalue weighted by molar-refractivity contribution is -0.154. The second kappa shape index (κ2) is 6.01. The molecule has 0 aromatic rings. The van der Waals surface area contributed by atoms with Crippen LogP contribution < -0.4 is 0 Å². The van der Waals surface area contributed by atoms with E-state index in [1.807, 2.05) is 0 Å². The Labute approximate surface area is 140 Å². The molecule has 0 unspecified atom stereocenters. The van der Waals surface area contributed by atoms with Crippen molar-refractivity contribution in [1.82, 2.24) is 19.6 Å². The zero-order valence-corrected chi connectivity index (χ0v) is 14.8. The molecule has 5 nitrogen and oxygen atoms in total. The Balaban J connectivity index is 1.22. The van der Waals surface area contributed by atoms with Crippen molar-refractivity contribution < 1.29 is 4.79 Å². The van der Waals surface area contributed by atoms with Crippen LogP contribution in [0.4, 0.5) is 0 Å². The molecule has 0 bridgehead atoms. The minimum absolute atomic E-state index is 0.332. The summed E-state index contributed by atoms with van der Waals surface area (Å²) in [6.45, 7) is 8.94. The third-order valence-electron chi connectivity index (χ3n) is 6.75. The molecule has 1 amide bonds. The molecular weight excluding hydrogens is 288 g/mol. The van der Waals surface area contributed by atoms with Crippen LogP contribution in [0, 0.1) is 11.3 Å². The SMILES string of the molecule is CN1CCC(N2CCN(C(=O)C3CC4(C3)CN(C)C4)CC2)CC1. The maximum absolute atomic E-state index is 12.7. The van der Waals surface area contributed by atoms with Gasteiger partial charge in [-0.1, -0.05) is 0 Å². The van der Waals surface area contributed by atoms with Gasteiger partial charge in [-0.25, -0.2) is 0 Å². The molecule has 5 heteroatoms. The van der Waals surface area contributed by atoms with E-state index < -0.39 is 0 Å². The number of amides is 1. The third-order valence-corrected chi connectivity index (χ3v) is 6.75. The maximum Gasteiger partial charge on any atom is 0.225 e. The first-order chi connectivity index (χ1) is 11.0. The molecule has 0 aromatic carbocycles. The second-order valence-electron chi connectivity index (χ2n) is 8.67. The first-order valence-electron chi connectivity index (χ1n) is 9.45. The molecule has 4 rings (SSSR count). The Morgan fingerprint density at radius 2 is 1.48 bits per heavy atom. The molecule has 0 atom stereocenters. The van der Waals surface area contributed by atoms with E-state index in [2.05, 4.69) is 33.7 Å². The second-order valence-corrected chi connectivity index (χ2v) is 8.67. The van der Waals surface area contributed by atoms with Crippen LogP contribution in [0.15, 0.2) is 0 Å². The number of piperidine rings is 1. The van der Waals surface area contributed by atoms with Crippen molar-refractivity contribution in [3.05, 3.63) is 0 Å². The number of nitrogens with zero attached hydrogens (tertiary/aromatic N) is 4. The zero-order chi connectivity index (χ0) is 16.0. The van der Waals surface area contributed by atoms with Gasteiger partial charge in [-0.15, -0.1) is 0 Å². The highest BCUT2D eigenvalue weighted by atomic mass is 16.2. The van der Waals surface area contributed by atoms with E-state index in [1.165, 1.54) is 39.0 Å². The Morgan fingerprint density at radius 3 is 2.04 bits per heavy atom. The highest BCUT2D eigenvalue weighted by Gasteiger charge is 2.53. The van der Waals surface area contributed by atoms with Gasteiger partial charge in [0.05, 0.1) is 0 Å². The smallest absolute Gasteiger partial charge is 0.225 e. The van der Waals surface area contributed by atoms with Crippen LogP contribution in [-0.2, 0) is 4.79 Å². The highest BCUT2D eigenvalue weighted by molar-refractivity contribution is 5.80. The van der Waals surface area contributed by atoms with Crippen molar-refractivity contribution >= 4 is 5.91 Å². The van der Waals surface area contributed by atoms with Gasteiger partial charge in [0, 0.05) is 51.2 Å². The topological polar surface area (TPSA) is 30.0 Å². The van der Waals surface area contributed by atoms with Gasteiger partial charge in [0.2, 0.25) is 5.91 Å². The average molecular weight is 320 g/mol. The van der Waals surface area contributed by atoms with Crippen LogP contribution >= 0.6 is 0 Å². The normalized spacial score (nSPS) is 31.1. The van der Waals surface area contributed by atoms with Gasteiger partial charge in [0.1, 0.15) is 0 Å². The fraction of sp³-hybridized carbons (Fsp3) is 0.944. The summed E-state index contributed by atoms with van der Waals surface area (Å²) in [5.41, 5.74) is 0.519. The first-order valence-corrected chi connectivity index (χ1v) is 9.45. The molecule has 1 aliphatic carbocycles. The lowest BCUT2D eigenvalue weighted by Crippen LogP contribution is -2.63. The number of likely N-dealkylation sites (tertiary alicyclic amines) is 2. The lowest BCUT2D eigenvalue weighted by Gasteiger charge is -2.58. The molecule has 0 radical (unpaired) electrons. The molecular formula is C18H32N4O. The lowest BCUT2D eigenvalue weighted by atomic mass is 9.57. The number of carbonyl (C=O) groups is 1. The quantitative estimate of drug-likeness (QED) is 0.744. The Morgan fingerprint density at radius 1 is 0.870 bits per heavy atom. The minimum atomic E-state index is 0.332. The maximum atomic E-state index is 12.7. The molecule has 23 heavy (non-hydrogen) atoms. The summed E-state index contributed by atoms with van der Waals surface area (Å²) in [6.07, 6.45) is 4.88. The van der Waals surface area contributed by atoms with Crippen molar-refractivity contribution in [2.45, 2.75) is 31.7 Å². The van der Waals surface area contributed by atoms with Crippen molar-refractivity contribution in [1.29, 1.82) is 0 Å². The van der Waals surface area contributed by atoms with E-state index in [0.29, 0.717) is 17.2 Å². The van der Waals surface area contributed by atoms with E-state index in [1.54, 1.807) is 0 Å². The molecule has 3 aliphatic heterocycles. The summed E-state index contributed by atoms with van der Waals surface area (Å²) in [7, 11) is 4.40. The van der Waals surface area contributed by atoms with Gasteiger partial charge >= 0.3 is 0 Å². The fourth-order valence-corrected chi connectivity index (χ4v) is 5.44. The van der Waals surface area contributed by atoms with Crippen molar-refractivity contribution in [2.24, 2.45) is 11.3 Å². The van der Waals surface area contributed by atoms with Crippen LogP contribution in [0.5, 0.6) is 0 Å².